The molecule has 14 nitrogen and oxygen atoms in total. The van der Waals surface area contributed by atoms with Crippen molar-refractivity contribution < 1.29 is 28.9 Å². The highest BCUT2D eigenvalue weighted by atomic mass is 79.9. The molecule has 0 saturated carbocycles. The molecule has 2 aromatic heterocycles. The van der Waals surface area contributed by atoms with Crippen LogP contribution >= 0.6 is 15.9 Å². The van der Waals surface area contributed by atoms with E-state index in [1.54, 1.807) is 43.4 Å². The minimum Gasteiger partial charge on any atom is -0.493 e. The van der Waals surface area contributed by atoms with Crippen LogP contribution in [0.25, 0.3) is 11.0 Å². The number of aryl methyl sites for hydroxylation is 2. The molecule has 258 valence electrons. The van der Waals surface area contributed by atoms with E-state index in [0.29, 0.717) is 45.0 Å². The summed E-state index contributed by atoms with van der Waals surface area (Å²) in [4.78, 5) is 72.7. The lowest BCUT2D eigenvalue weighted by Gasteiger charge is -2.39. The molecule has 0 saturated heterocycles. The number of benzene rings is 2. The lowest BCUT2D eigenvalue weighted by molar-refractivity contribution is -0.115. The Bertz CT molecular complexity index is 2380. The van der Waals surface area contributed by atoms with Crippen molar-refractivity contribution >= 4 is 38.5 Å². The van der Waals surface area contributed by atoms with Gasteiger partial charge < -0.3 is 23.9 Å². The first kappa shape index (κ1) is 33.2. The number of allylic oxidation sites excluding steroid dienone is 6. The summed E-state index contributed by atoms with van der Waals surface area (Å²) >= 11 is 3.23. The van der Waals surface area contributed by atoms with E-state index >= 15 is 0 Å². The summed E-state index contributed by atoms with van der Waals surface area (Å²) in [5.41, 5.74) is 1.64. The van der Waals surface area contributed by atoms with Crippen LogP contribution in [0.1, 0.15) is 29.6 Å². The number of carbonyl (C=O) groups excluding carboxylic acids is 2. The number of halogens is 1. The lowest BCUT2D eigenvalue weighted by atomic mass is 9.69. The highest BCUT2D eigenvalue weighted by Gasteiger charge is 2.45. The van der Waals surface area contributed by atoms with Crippen LogP contribution in [0.5, 0.6) is 17.2 Å². The van der Waals surface area contributed by atoms with Crippen LogP contribution in [-0.4, -0.2) is 67.6 Å². The van der Waals surface area contributed by atoms with Crippen molar-refractivity contribution in [1.29, 1.82) is 0 Å². The van der Waals surface area contributed by atoms with Crippen molar-refractivity contribution in [3.05, 3.63) is 112 Å². The molecule has 0 amide bonds. The summed E-state index contributed by atoms with van der Waals surface area (Å²) in [5.74, 6) is 0.0634. The van der Waals surface area contributed by atoms with E-state index in [1.807, 2.05) is 6.08 Å². The van der Waals surface area contributed by atoms with Gasteiger partial charge in [-0.15, -0.1) is 0 Å². The van der Waals surface area contributed by atoms with Gasteiger partial charge in [-0.2, -0.15) is 0 Å². The second-order valence-corrected chi connectivity index (χ2v) is 12.9. The number of carbonyl (C=O) groups is 2. The average molecular weight is 747 g/mol. The number of hydrogen-bond donors (Lipinski definition) is 1. The molecule has 2 aliphatic carbocycles. The van der Waals surface area contributed by atoms with Crippen LogP contribution in [0.4, 0.5) is 0 Å². The molecule has 7 rings (SSSR count). The van der Waals surface area contributed by atoms with Crippen molar-refractivity contribution in [1.82, 2.24) is 23.5 Å². The van der Waals surface area contributed by atoms with Crippen LogP contribution in [0.2, 0.25) is 0 Å². The van der Waals surface area contributed by atoms with Crippen molar-refractivity contribution in [2.75, 3.05) is 27.4 Å². The summed E-state index contributed by atoms with van der Waals surface area (Å²) in [7, 11) is 4.60. The van der Waals surface area contributed by atoms with Gasteiger partial charge in [0.1, 0.15) is 18.1 Å². The predicted octanol–water partition coefficient (Wildman–Crippen LogP) is 2.09. The van der Waals surface area contributed by atoms with Crippen LogP contribution in [0.15, 0.2) is 84.1 Å². The number of ether oxygens (including phenoxy) is 3. The van der Waals surface area contributed by atoms with Crippen LogP contribution in [0, 0.1) is 0 Å². The number of hydrogen-bond acceptors (Lipinski definition) is 10. The topological polar surface area (TPSA) is 166 Å². The minimum absolute atomic E-state index is 0.00553. The molecule has 50 heavy (non-hydrogen) atoms. The molecule has 3 aliphatic rings. The Morgan fingerprint density at radius 1 is 1.00 bits per heavy atom. The van der Waals surface area contributed by atoms with E-state index in [4.69, 9.17) is 19.3 Å². The molecule has 2 atom stereocenters. The maximum atomic E-state index is 14.1. The maximum Gasteiger partial charge on any atom is 0.347 e. The third-order valence-electron chi connectivity index (χ3n) is 9.47. The average Bonchev–Trinajstić information content (AvgIpc) is 3.37. The van der Waals surface area contributed by atoms with Gasteiger partial charge in [-0.3, -0.25) is 14.4 Å². The monoisotopic (exact) mass is 745 g/mol. The van der Waals surface area contributed by atoms with E-state index < -0.39 is 23.3 Å². The Hall–Kier alpha value is -5.28. The molecule has 15 heteroatoms. The first-order valence-corrected chi connectivity index (χ1v) is 16.6. The first-order valence-electron chi connectivity index (χ1n) is 15.8. The molecular weight excluding hydrogens is 714 g/mol. The summed E-state index contributed by atoms with van der Waals surface area (Å²) in [6.45, 7) is -0.0947. The molecule has 0 fully saturated rings. The zero-order chi connectivity index (χ0) is 35.4. The summed E-state index contributed by atoms with van der Waals surface area (Å²) in [5, 5.41) is 9.13. The third kappa shape index (κ3) is 5.28. The van der Waals surface area contributed by atoms with Crippen molar-refractivity contribution in [2.24, 2.45) is 7.05 Å². The lowest BCUT2D eigenvalue weighted by Crippen LogP contribution is -2.40. The number of ketones is 2. The molecule has 0 radical (unpaired) electrons. The molecule has 1 N–H and O–H groups in total. The zero-order valence-corrected chi connectivity index (χ0v) is 28.9. The Morgan fingerprint density at radius 3 is 2.42 bits per heavy atom. The summed E-state index contributed by atoms with van der Waals surface area (Å²) in [6.07, 6.45) is 3.14. The number of aromatic nitrogens is 5. The molecule has 0 unspecified atom stereocenters. The number of Topliss-reactive ketones (excluding diaryl/α,β-unsaturated/α-hetero) is 1. The van der Waals surface area contributed by atoms with Gasteiger partial charge in [0.05, 0.1) is 48.9 Å². The van der Waals surface area contributed by atoms with E-state index in [9.17, 15) is 24.0 Å². The fraction of sp³-hybridized carbons (Fsp3) is 0.314. The van der Waals surface area contributed by atoms with Crippen molar-refractivity contribution in [3.63, 3.8) is 0 Å². The van der Waals surface area contributed by atoms with Crippen molar-refractivity contribution in [3.8, 4) is 17.2 Å². The largest absolute Gasteiger partial charge is 0.493 e. The number of aliphatic hydroxyl groups excluding tert-OH is 1. The number of methoxy groups -OCH3 is 2. The quantitative estimate of drug-likeness (QED) is 0.198. The van der Waals surface area contributed by atoms with Crippen molar-refractivity contribution in [2.45, 2.75) is 37.9 Å². The third-order valence-corrected chi connectivity index (χ3v) is 10.1. The molecule has 1 aliphatic heterocycles. The molecular formula is C35H32BrN5O9. The highest BCUT2D eigenvalue weighted by molar-refractivity contribution is 9.12. The van der Waals surface area contributed by atoms with Gasteiger partial charge in [-0.1, -0.05) is 18.2 Å². The van der Waals surface area contributed by atoms with Crippen LogP contribution in [0.3, 0.4) is 0 Å². The van der Waals surface area contributed by atoms with Gasteiger partial charge in [-0.05, 0) is 39.2 Å². The van der Waals surface area contributed by atoms with Gasteiger partial charge >= 0.3 is 11.4 Å². The molecule has 3 heterocycles. The Labute approximate surface area is 292 Å². The summed E-state index contributed by atoms with van der Waals surface area (Å²) < 4.78 is 21.6. The van der Waals surface area contributed by atoms with E-state index in [1.165, 1.54) is 34.2 Å². The van der Waals surface area contributed by atoms with Crippen LogP contribution in [-0.2, 0) is 36.1 Å². The SMILES string of the molecule is COc1cc2nc(CCn3c(=O)n4n(c3=O)[C@@H]3CC5=C(C(=O)C=C(Br)C5=O)[C@@H](c5ccc(OCCO)cc5)C3=CC4)c(=O)n(C)c2cc1OC. The van der Waals surface area contributed by atoms with Gasteiger partial charge in [0, 0.05) is 61.7 Å². The smallest absolute Gasteiger partial charge is 0.347 e. The second-order valence-electron chi connectivity index (χ2n) is 12.1. The standard InChI is InChI=1S/C35H32BrN5O9/c1-38-26-17-29(49-3)28(48-2)16-24(26)37-23(33(38)45)9-10-39-34(46)40-11-8-20-25(41(40)35(39)47)14-21-31(27(43)15-22(36)32(21)44)30(20)18-4-6-19(7-5-18)50-13-12-42/h4-8,15-17,25,30,42H,9-14H2,1-3H3/t25-,30+/m1/s1. The van der Waals surface area contributed by atoms with E-state index in [0.717, 1.165) is 4.57 Å². The molecule has 4 aromatic rings. The molecule has 0 spiro atoms. The highest BCUT2D eigenvalue weighted by Crippen LogP contribution is 2.50. The van der Waals surface area contributed by atoms with Gasteiger partial charge in [0.2, 0.25) is 0 Å². The zero-order valence-electron chi connectivity index (χ0n) is 27.3. The second kappa shape index (κ2) is 12.9. The Morgan fingerprint density at radius 2 is 1.72 bits per heavy atom. The summed E-state index contributed by atoms with van der Waals surface area (Å²) in [6, 6.07) is 9.59. The van der Waals surface area contributed by atoms with Crippen LogP contribution < -0.4 is 31.1 Å². The van der Waals surface area contributed by atoms with Gasteiger partial charge in [0.15, 0.2) is 23.1 Å². The predicted molar refractivity (Wildman–Crippen MR) is 184 cm³/mol. The Balaban J connectivity index is 1.27. The fourth-order valence-corrected chi connectivity index (χ4v) is 7.55. The minimum atomic E-state index is -0.733. The Kier molecular flexibility index (Phi) is 8.56. The molecule has 0 bridgehead atoms. The number of nitrogens with zero attached hydrogens (tertiary/aromatic N) is 5. The van der Waals surface area contributed by atoms with E-state index in [2.05, 4.69) is 20.9 Å². The van der Waals surface area contributed by atoms with Gasteiger partial charge in [-0.25, -0.2) is 28.5 Å². The first-order chi connectivity index (χ1) is 24.1. The maximum absolute atomic E-state index is 14.1. The normalized spacial score (nSPS) is 18.3. The number of aliphatic hydroxyl groups is 1. The van der Waals surface area contributed by atoms with E-state index in [-0.39, 0.29) is 72.0 Å². The molecule has 2 aromatic carbocycles. The number of fused-ring (bicyclic) bond motifs is 4. The number of rotatable bonds is 9. The van der Waals surface area contributed by atoms with Gasteiger partial charge in [0.25, 0.3) is 5.56 Å². The fourth-order valence-electron chi connectivity index (χ4n) is 7.11.